The van der Waals surface area contributed by atoms with Crippen molar-refractivity contribution in [3.63, 3.8) is 0 Å². The quantitative estimate of drug-likeness (QED) is 0.780. The number of nitrogens with zero attached hydrogens (tertiary/aromatic N) is 2. The number of amides is 1. The Kier molecular flexibility index (Phi) is 2.63. The summed E-state index contributed by atoms with van der Waals surface area (Å²) in [6.45, 7) is 0. The molecule has 0 spiro atoms. The lowest BCUT2D eigenvalue weighted by Gasteiger charge is -2.29. The van der Waals surface area contributed by atoms with E-state index in [2.05, 4.69) is 15.6 Å². The first kappa shape index (κ1) is 10.8. The molecule has 0 saturated carbocycles. The van der Waals surface area contributed by atoms with Gasteiger partial charge in [-0.25, -0.2) is 4.98 Å². The van der Waals surface area contributed by atoms with Crippen molar-refractivity contribution in [2.75, 3.05) is 0 Å². The fraction of sp³-hybridized carbons (Fsp3) is 0.667. The third-order valence-corrected chi connectivity index (χ3v) is 3.75. The van der Waals surface area contributed by atoms with Crippen molar-refractivity contribution >= 4 is 5.91 Å². The Labute approximate surface area is 101 Å². The van der Waals surface area contributed by atoms with Crippen LogP contribution < -0.4 is 10.6 Å². The van der Waals surface area contributed by atoms with Gasteiger partial charge in [0, 0.05) is 31.4 Å². The average molecular weight is 234 g/mol. The Morgan fingerprint density at radius 2 is 2.18 bits per heavy atom. The van der Waals surface area contributed by atoms with E-state index in [1.807, 2.05) is 7.05 Å². The van der Waals surface area contributed by atoms with E-state index in [9.17, 15) is 4.79 Å². The zero-order valence-corrected chi connectivity index (χ0v) is 10.0. The van der Waals surface area contributed by atoms with Gasteiger partial charge in [-0.1, -0.05) is 0 Å². The molecule has 1 aromatic rings. The Morgan fingerprint density at radius 1 is 1.47 bits per heavy atom. The van der Waals surface area contributed by atoms with Gasteiger partial charge in [0.2, 0.25) is 0 Å². The second-order valence-electron chi connectivity index (χ2n) is 5.20. The van der Waals surface area contributed by atoms with Crippen molar-refractivity contribution in [2.45, 2.75) is 43.8 Å². The minimum absolute atomic E-state index is 0.0445. The molecule has 2 fully saturated rings. The van der Waals surface area contributed by atoms with Crippen LogP contribution in [0.15, 0.2) is 12.5 Å². The summed E-state index contributed by atoms with van der Waals surface area (Å²) >= 11 is 0. The van der Waals surface area contributed by atoms with Gasteiger partial charge < -0.3 is 15.2 Å². The van der Waals surface area contributed by atoms with Crippen LogP contribution in [0.4, 0.5) is 0 Å². The Morgan fingerprint density at radius 3 is 2.76 bits per heavy atom. The fourth-order valence-electron chi connectivity index (χ4n) is 2.96. The van der Waals surface area contributed by atoms with E-state index in [4.69, 9.17) is 0 Å². The molecule has 2 atom stereocenters. The predicted molar refractivity (Wildman–Crippen MR) is 63.6 cm³/mol. The highest BCUT2D eigenvalue weighted by Gasteiger charge is 2.34. The maximum atomic E-state index is 12.0. The minimum atomic E-state index is -0.0445. The van der Waals surface area contributed by atoms with Crippen LogP contribution in [-0.4, -0.2) is 33.6 Å². The second-order valence-corrected chi connectivity index (χ2v) is 5.20. The molecular formula is C12H18N4O. The summed E-state index contributed by atoms with van der Waals surface area (Å²) in [7, 11) is 1.87. The number of imidazole rings is 1. The van der Waals surface area contributed by atoms with E-state index < -0.39 is 0 Å². The Bertz CT molecular complexity index is 416. The molecule has 1 aromatic heterocycles. The number of rotatable bonds is 2. The number of aryl methyl sites for hydroxylation is 1. The molecule has 2 N–H and O–H groups in total. The number of hydrogen-bond donors (Lipinski definition) is 2. The number of nitrogens with one attached hydrogen (secondary N) is 2. The van der Waals surface area contributed by atoms with E-state index >= 15 is 0 Å². The van der Waals surface area contributed by atoms with E-state index in [1.54, 1.807) is 17.1 Å². The Balaban J connectivity index is 1.62. The van der Waals surface area contributed by atoms with Crippen LogP contribution in [0.3, 0.4) is 0 Å². The van der Waals surface area contributed by atoms with Crippen molar-refractivity contribution in [1.82, 2.24) is 20.2 Å². The topological polar surface area (TPSA) is 59.0 Å². The van der Waals surface area contributed by atoms with Gasteiger partial charge in [0.1, 0.15) is 5.69 Å². The minimum Gasteiger partial charge on any atom is -0.348 e. The molecule has 1 amide bonds. The van der Waals surface area contributed by atoms with Gasteiger partial charge in [-0.3, -0.25) is 4.79 Å². The molecule has 3 heterocycles. The largest absolute Gasteiger partial charge is 0.348 e. The van der Waals surface area contributed by atoms with Gasteiger partial charge in [-0.05, 0) is 25.7 Å². The van der Waals surface area contributed by atoms with E-state index in [0.717, 1.165) is 12.8 Å². The van der Waals surface area contributed by atoms with Crippen LogP contribution >= 0.6 is 0 Å². The van der Waals surface area contributed by atoms with Crippen molar-refractivity contribution in [3.8, 4) is 0 Å². The molecule has 3 rings (SSSR count). The van der Waals surface area contributed by atoms with Gasteiger partial charge >= 0.3 is 0 Å². The predicted octanol–water partition coefficient (Wildman–Crippen LogP) is 0.433. The van der Waals surface area contributed by atoms with Crippen LogP contribution in [0.1, 0.15) is 36.2 Å². The van der Waals surface area contributed by atoms with Crippen molar-refractivity contribution in [3.05, 3.63) is 18.2 Å². The standard InChI is InChI=1S/C12H18N4O/c1-16-6-11(13-7-16)12(17)15-10-4-8-2-3-9(5-10)14-8/h6-10,14H,2-5H2,1H3,(H,15,17). The molecule has 2 bridgehead atoms. The van der Waals surface area contributed by atoms with Crippen LogP contribution in [0.25, 0.3) is 0 Å². The van der Waals surface area contributed by atoms with Crippen molar-refractivity contribution in [1.29, 1.82) is 0 Å². The summed E-state index contributed by atoms with van der Waals surface area (Å²) < 4.78 is 1.79. The monoisotopic (exact) mass is 234 g/mol. The van der Waals surface area contributed by atoms with Gasteiger partial charge in [0.05, 0.1) is 6.33 Å². The first-order valence-electron chi connectivity index (χ1n) is 6.25. The summed E-state index contributed by atoms with van der Waals surface area (Å²) in [5.41, 5.74) is 0.512. The average Bonchev–Trinajstić information content (AvgIpc) is 2.85. The summed E-state index contributed by atoms with van der Waals surface area (Å²) in [4.78, 5) is 16.0. The first-order chi connectivity index (χ1) is 8.20. The second kappa shape index (κ2) is 4.14. The first-order valence-corrected chi connectivity index (χ1v) is 6.25. The number of carbonyl (C=O) groups excluding carboxylic acids is 1. The number of aromatic nitrogens is 2. The van der Waals surface area contributed by atoms with E-state index in [1.165, 1.54) is 12.8 Å². The molecule has 2 aliphatic rings. The molecule has 2 unspecified atom stereocenters. The summed E-state index contributed by atoms with van der Waals surface area (Å²) in [5, 5.41) is 6.66. The van der Waals surface area contributed by atoms with Crippen LogP contribution in [0, 0.1) is 0 Å². The molecule has 0 radical (unpaired) electrons. The van der Waals surface area contributed by atoms with Crippen molar-refractivity contribution < 1.29 is 4.79 Å². The molecule has 17 heavy (non-hydrogen) atoms. The number of hydrogen-bond acceptors (Lipinski definition) is 3. The third kappa shape index (κ3) is 2.20. The number of piperidine rings is 1. The van der Waals surface area contributed by atoms with Gasteiger partial charge in [0.25, 0.3) is 5.91 Å². The molecule has 5 nitrogen and oxygen atoms in total. The zero-order chi connectivity index (χ0) is 11.8. The lowest BCUT2D eigenvalue weighted by atomic mass is 10.00. The summed E-state index contributed by atoms with van der Waals surface area (Å²) in [6, 6.07) is 1.51. The fourth-order valence-corrected chi connectivity index (χ4v) is 2.96. The van der Waals surface area contributed by atoms with Gasteiger partial charge in [0.15, 0.2) is 0 Å². The van der Waals surface area contributed by atoms with Crippen molar-refractivity contribution in [2.24, 2.45) is 7.05 Å². The smallest absolute Gasteiger partial charge is 0.271 e. The highest BCUT2D eigenvalue weighted by Crippen LogP contribution is 2.26. The molecular weight excluding hydrogens is 216 g/mol. The molecule has 0 aliphatic carbocycles. The van der Waals surface area contributed by atoms with Crippen LogP contribution in [-0.2, 0) is 7.05 Å². The lowest BCUT2D eigenvalue weighted by Crippen LogP contribution is -2.48. The Hall–Kier alpha value is -1.36. The normalized spacial score (nSPS) is 31.5. The van der Waals surface area contributed by atoms with E-state index in [0.29, 0.717) is 23.8 Å². The maximum absolute atomic E-state index is 12.0. The summed E-state index contributed by atoms with van der Waals surface area (Å²) in [6.07, 6.45) is 8.01. The molecule has 0 aromatic carbocycles. The molecule has 5 heteroatoms. The zero-order valence-electron chi connectivity index (χ0n) is 10.0. The number of carbonyl (C=O) groups is 1. The maximum Gasteiger partial charge on any atom is 0.271 e. The molecule has 92 valence electrons. The summed E-state index contributed by atoms with van der Waals surface area (Å²) in [5.74, 6) is -0.0445. The van der Waals surface area contributed by atoms with Crippen LogP contribution in [0.5, 0.6) is 0 Å². The SMILES string of the molecule is Cn1cnc(C(=O)NC2CC3CCC(C2)N3)c1. The molecule has 2 aliphatic heterocycles. The molecule has 2 saturated heterocycles. The third-order valence-electron chi connectivity index (χ3n) is 3.75. The highest BCUT2D eigenvalue weighted by atomic mass is 16.2. The highest BCUT2D eigenvalue weighted by molar-refractivity contribution is 5.92. The van der Waals surface area contributed by atoms with Crippen LogP contribution in [0.2, 0.25) is 0 Å². The lowest BCUT2D eigenvalue weighted by molar-refractivity contribution is 0.0919. The van der Waals surface area contributed by atoms with E-state index in [-0.39, 0.29) is 5.91 Å². The van der Waals surface area contributed by atoms with Gasteiger partial charge in [-0.15, -0.1) is 0 Å². The number of fused-ring (bicyclic) bond motifs is 2. The van der Waals surface area contributed by atoms with Gasteiger partial charge in [-0.2, -0.15) is 0 Å².